The molecular formula is C32H33FN8O3. The van der Waals surface area contributed by atoms with E-state index in [2.05, 4.69) is 16.0 Å². The van der Waals surface area contributed by atoms with Gasteiger partial charge in [0.2, 0.25) is 0 Å². The van der Waals surface area contributed by atoms with Crippen LogP contribution in [0, 0.1) is 28.5 Å². The van der Waals surface area contributed by atoms with Crippen LogP contribution >= 0.6 is 0 Å². The summed E-state index contributed by atoms with van der Waals surface area (Å²) in [7, 11) is 0. The molecule has 4 aromatic rings. The van der Waals surface area contributed by atoms with Gasteiger partial charge in [0.25, 0.3) is 5.91 Å². The third-order valence-electron chi connectivity index (χ3n) is 8.67. The van der Waals surface area contributed by atoms with Gasteiger partial charge in [-0.05, 0) is 37.1 Å². The lowest BCUT2D eigenvalue weighted by Gasteiger charge is -2.41. The first-order valence-electron chi connectivity index (χ1n) is 14.5. The smallest absolute Gasteiger partial charge is 0.266 e. The Labute approximate surface area is 253 Å². The van der Waals surface area contributed by atoms with Gasteiger partial charge in [-0.2, -0.15) is 10.4 Å². The number of ether oxygens (including phenoxy) is 2. The summed E-state index contributed by atoms with van der Waals surface area (Å²) in [5.74, 6) is 0.238. The van der Waals surface area contributed by atoms with Crippen molar-refractivity contribution in [2.45, 2.75) is 32.7 Å². The van der Waals surface area contributed by atoms with Crippen molar-refractivity contribution in [1.82, 2.24) is 24.6 Å². The average molecular weight is 597 g/mol. The van der Waals surface area contributed by atoms with E-state index in [4.69, 9.17) is 26.0 Å². The molecule has 2 aliphatic rings. The Morgan fingerprint density at radius 1 is 1.16 bits per heavy atom. The second-order valence-corrected chi connectivity index (χ2v) is 11.7. The summed E-state index contributed by atoms with van der Waals surface area (Å²) in [5.41, 5.74) is 13.3. The van der Waals surface area contributed by atoms with E-state index in [9.17, 15) is 10.1 Å². The largest absolute Gasteiger partial charge is 0.457 e. The number of hydrogen-bond acceptors (Lipinski definition) is 9. The number of likely N-dealkylation sites (tertiary alicyclic amines) is 1. The Bertz CT molecular complexity index is 1790. The van der Waals surface area contributed by atoms with E-state index in [1.165, 1.54) is 12.4 Å². The van der Waals surface area contributed by atoms with Crippen molar-refractivity contribution >= 4 is 22.8 Å². The molecule has 11 nitrogen and oxygen atoms in total. The zero-order valence-electron chi connectivity index (χ0n) is 24.5. The van der Waals surface area contributed by atoms with E-state index in [1.807, 2.05) is 32.0 Å². The summed E-state index contributed by atoms with van der Waals surface area (Å²) >= 11 is 0. The molecule has 0 aliphatic carbocycles. The molecule has 12 heteroatoms. The summed E-state index contributed by atoms with van der Waals surface area (Å²) in [6.07, 6.45) is 2.68. The zero-order valence-corrected chi connectivity index (χ0v) is 24.5. The second kappa shape index (κ2) is 11.6. The molecule has 1 atom stereocenters. The van der Waals surface area contributed by atoms with E-state index in [0.29, 0.717) is 55.1 Å². The number of nitriles is 1. The normalized spacial score (nSPS) is 18.0. The first-order chi connectivity index (χ1) is 21.2. The molecule has 226 valence electrons. The van der Waals surface area contributed by atoms with Crippen LogP contribution in [0.2, 0.25) is 0 Å². The summed E-state index contributed by atoms with van der Waals surface area (Å²) in [6.45, 7) is 5.66. The van der Waals surface area contributed by atoms with Crippen LogP contribution in [0.15, 0.2) is 66.1 Å². The fourth-order valence-electron chi connectivity index (χ4n) is 5.73. The van der Waals surface area contributed by atoms with Crippen LogP contribution in [0.1, 0.15) is 32.7 Å². The lowest BCUT2D eigenvalue weighted by atomic mass is 9.73. The first-order valence-corrected chi connectivity index (χ1v) is 14.5. The van der Waals surface area contributed by atoms with Crippen molar-refractivity contribution in [1.29, 1.82) is 5.26 Å². The molecule has 0 saturated carbocycles. The summed E-state index contributed by atoms with van der Waals surface area (Å²) in [5, 5.41) is 15.2. The van der Waals surface area contributed by atoms with Gasteiger partial charge in [0.15, 0.2) is 5.65 Å². The molecule has 1 amide bonds. The third-order valence-corrected chi connectivity index (χ3v) is 8.67. The van der Waals surface area contributed by atoms with E-state index in [-0.39, 0.29) is 46.8 Å². The van der Waals surface area contributed by atoms with Gasteiger partial charge < -0.3 is 25.8 Å². The van der Waals surface area contributed by atoms with Crippen molar-refractivity contribution in [2.75, 3.05) is 32.0 Å². The number of aromatic nitrogens is 4. The minimum atomic E-state index is -0.568. The SMILES string of the molecule is CC(C)(C(N)=C(C#N)C(=O)N1CCC[C@@H](n2nc(-c3ccc(Oc4ccccc4)cc3F)c3c(N)ncnc32)C1)C1COC1. The number of allylic oxidation sites excluding steroid dienone is 1. The van der Waals surface area contributed by atoms with Crippen LogP contribution in [-0.4, -0.2) is 56.9 Å². The number of halogens is 1. The van der Waals surface area contributed by atoms with E-state index in [1.54, 1.807) is 33.8 Å². The fourth-order valence-corrected chi connectivity index (χ4v) is 5.73. The van der Waals surface area contributed by atoms with Gasteiger partial charge in [0.1, 0.15) is 46.8 Å². The molecule has 2 aromatic carbocycles. The maximum Gasteiger partial charge on any atom is 0.266 e. The summed E-state index contributed by atoms with van der Waals surface area (Å²) in [4.78, 5) is 23.9. The number of benzene rings is 2. The highest BCUT2D eigenvalue weighted by atomic mass is 19.1. The zero-order chi connectivity index (χ0) is 31.0. The average Bonchev–Trinajstić information content (AvgIpc) is 3.38. The van der Waals surface area contributed by atoms with Crippen LogP contribution in [0.5, 0.6) is 11.5 Å². The number of rotatable bonds is 7. The van der Waals surface area contributed by atoms with E-state index >= 15 is 4.39 Å². The molecule has 6 rings (SSSR count). The highest BCUT2D eigenvalue weighted by Gasteiger charge is 2.40. The van der Waals surface area contributed by atoms with Crippen molar-refractivity contribution < 1.29 is 18.7 Å². The molecule has 0 unspecified atom stereocenters. The highest BCUT2D eigenvalue weighted by molar-refractivity contribution is 5.99. The van der Waals surface area contributed by atoms with Crippen LogP contribution < -0.4 is 16.2 Å². The number of hydrogen-bond donors (Lipinski definition) is 2. The van der Waals surface area contributed by atoms with Gasteiger partial charge >= 0.3 is 0 Å². The first kappa shape index (κ1) is 29.1. The Hall–Kier alpha value is -5.02. The van der Waals surface area contributed by atoms with Gasteiger partial charge in [-0.25, -0.2) is 19.0 Å². The van der Waals surface area contributed by atoms with Crippen LogP contribution in [0.4, 0.5) is 10.2 Å². The van der Waals surface area contributed by atoms with Gasteiger partial charge in [0, 0.05) is 41.7 Å². The van der Waals surface area contributed by atoms with Gasteiger partial charge in [-0.3, -0.25) is 4.79 Å². The van der Waals surface area contributed by atoms with Gasteiger partial charge in [0.05, 0.1) is 24.6 Å². The number of amides is 1. The minimum Gasteiger partial charge on any atom is -0.457 e. The lowest BCUT2D eigenvalue weighted by molar-refractivity contribution is -0.128. The lowest BCUT2D eigenvalue weighted by Crippen LogP contribution is -2.46. The molecule has 0 spiro atoms. The van der Waals surface area contributed by atoms with Gasteiger partial charge in [-0.1, -0.05) is 32.0 Å². The number of anilines is 1. The van der Waals surface area contributed by atoms with E-state index < -0.39 is 17.1 Å². The molecule has 4 heterocycles. The topological polar surface area (TPSA) is 158 Å². The number of carbonyl (C=O) groups is 1. The number of nitrogens with zero attached hydrogens (tertiary/aromatic N) is 6. The van der Waals surface area contributed by atoms with Crippen molar-refractivity contribution in [3.05, 3.63) is 71.9 Å². The molecule has 4 N–H and O–H groups in total. The maximum absolute atomic E-state index is 15.6. The highest BCUT2D eigenvalue weighted by Crippen LogP contribution is 2.39. The second-order valence-electron chi connectivity index (χ2n) is 11.7. The monoisotopic (exact) mass is 596 g/mol. The molecule has 0 bridgehead atoms. The molecule has 2 saturated heterocycles. The van der Waals surface area contributed by atoms with Crippen LogP contribution in [-0.2, 0) is 9.53 Å². The van der Waals surface area contributed by atoms with Crippen molar-refractivity contribution in [3.8, 4) is 28.8 Å². The van der Waals surface area contributed by atoms with Crippen molar-refractivity contribution in [3.63, 3.8) is 0 Å². The van der Waals surface area contributed by atoms with Crippen LogP contribution in [0.25, 0.3) is 22.3 Å². The number of nitrogens with two attached hydrogens (primary N) is 2. The quantitative estimate of drug-likeness (QED) is 0.230. The molecular weight excluding hydrogens is 563 g/mol. The Kier molecular flexibility index (Phi) is 7.65. The van der Waals surface area contributed by atoms with Crippen molar-refractivity contribution in [2.24, 2.45) is 17.1 Å². The predicted molar refractivity (Wildman–Crippen MR) is 161 cm³/mol. The number of fused-ring (bicyclic) bond motifs is 1. The summed E-state index contributed by atoms with van der Waals surface area (Å²) in [6, 6.07) is 15.4. The Balaban J connectivity index is 1.31. The minimum absolute atomic E-state index is 0.0555. The molecule has 2 aromatic heterocycles. The fraction of sp³-hybridized carbons (Fsp3) is 0.344. The Morgan fingerprint density at radius 3 is 2.61 bits per heavy atom. The van der Waals surface area contributed by atoms with Gasteiger partial charge in [-0.15, -0.1) is 0 Å². The molecule has 2 aliphatic heterocycles. The van der Waals surface area contributed by atoms with Crippen LogP contribution in [0.3, 0.4) is 0 Å². The molecule has 2 fully saturated rings. The number of carbonyl (C=O) groups excluding carboxylic acids is 1. The number of para-hydroxylation sites is 1. The maximum atomic E-state index is 15.6. The molecule has 0 radical (unpaired) electrons. The third kappa shape index (κ3) is 5.20. The molecule has 44 heavy (non-hydrogen) atoms. The van der Waals surface area contributed by atoms with E-state index in [0.717, 1.165) is 0 Å². The number of piperidine rings is 1. The summed E-state index contributed by atoms with van der Waals surface area (Å²) < 4.78 is 28.4. The Morgan fingerprint density at radius 2 is 1.93 bits per heavy atom. The number of nitrogen functional groups attached to an aromatic ring is 1. The standard InChI is InChI=1S/C32H33FN8O3/c1-32(2,19-16-43-17-19)28(35)24(14-34)31(42)40-12-6-7-20(15-40)41-30-26(29(36)37-18-38-30)27(39-41)23-11-10-22(13-25(23)33)44-21-8-4-3-5-9-21/h3-5,8-11,13,18-20H,6-7,12,15-17,35H2,1-2H3,(H2,36,37,38)/t20-/m1/s1. The predicted octanol–water partition coefficient (Wildman–Crippen LogP) is 4.58.